The van der Waals surface area contributed by atoms with Crippen LogP contribution in [-0.4, -0.2) is 43.0 Å². The van der Waals surface area contributed by atoms with Crippen LogP contribution in [0.5, 0.6) is 11.5 Å². The summed E-state index contributed by atoms with van der Waals surface area (Å²) in [6, 6.07) is 21.0. The minimum atomic E-state index is -1.02. The van der Waals surface area contributed by atoms with Gasteiger partial charge in [-0.1, -0.05) is 50.5 Å². The van der Waals surface area contributed by atoms with Crippen molar-refractivity contribution in [3.63, 3.8) is 0 Å². The predicted molar refractivity (Wildman–Crippen MR) is 162 cm³/mol. The molecule has 7 nitrogen and oxygen atoms in total. The zero-order valence-corrected chi connectivity index (χ0v) is 24.6. The fourth-order valence-corrected chi connectivity index (χ4v) is 4.06. The Hall–Kier alpha value is -3.78. The van der Waals surface area contributed by atoms with Gasteiger partial charge in [-0.05, 0) is 91.6 Å². The van der Waals surface area contributed by atoms with Gasteiger partial charge in [-0.2, -0.15) is 12.6 Å². The van der Waals surface area contributed by atoms with Crippen LogP contribution in [0.25, 0.3) is 11.1 Å². The highest BCUT2D eigenvalue weighted by atomic mass is 32.1. The molecule has 41 heavy (non-hydrogen) atoms. The monoisotopic (exact) mass is 578 g/mol. The van der Waals surface area contributed by atoms with Crippen LogP contribution in [0.3, 0.4) is 0 Å². The van der Waals surface area contributed by atoms with E-state index >= 15 is 0 Å². The molecule has 0 aliphatic heterocycles. The number of unbranched alkanes of at least 4 members (excludes halogenated alkanes) is 4. The van der Waals surface area contributed by atoms with E-state index in [1.807, 2.05) is 43.3 Å². The van der Waals surface area contributed by atoms with Gasteiger partial charge < -0.3 is 18.9 Å². The van der Waals surface area contributed by atoms with Crippen molar-refractivity contribution in [3.8, 4) is 22.6 Å². The minimum Gasteiger partial charge on any atom is -0.494 e. The Bertz CT molecular complexity index is 1240. The van der Waals surface area contributed by atoms with Gasteiger partial charge in [0.1, 0.15) is 11.5 Å². The maximum absolute atomic E-state index is 12.7. The number of hydrogen-bond donors (Lipinski definition) is 1. The molecule has 218 valence electrons. The molecule has 0 radical (unpaired) electrons. The fourth-order valence-electron chi connectivity index (χ4n) is 3.84. The first-order valence-electron chi connectivity index (χ1n) is 14.0. The molecule has 0 aliphatic carbocycles. The lowest BCUT2D eigenvalue weighted by molar-refractivity contribution is -0.153. The summed E-state index contributed by atoms with van der Waals surface area (Å²) in [6.45, 7) is 4.44. The lowest BCUT2D eigenvalue weighted by Gasteiger charge is -2.13. The Morgan fingerprint density at radius 1 is 0.683 bits per heavy atom. The lowest BCUT2D eigenvalue weighted by atomic mass is 10.0. The van der Waals surface area contributed by atoms with Crippen molar-refractivity contribution in [1.29, 1.82) is 0 Å². The zero-order valence-electron chi connectivity index (χ0n) is 23.7. The lowest BCUT2D eigenvalue weighted by Crippen LogP contribution is -2.26. The van der Waals surface area contributed by atoms with E-state index in [1.54, 1.807) is 12.1 Å². The number of benzene rings is 3. The molecule has 0 N–H and O–H groups in total. The summed E-state index contributed by atoms with van der Waals surface area (Å²) in [5.41, 5.74) is 2.59. The molecule has 3 aromatic carbocycles. The molecule has 3 rings (SSSR count). The van der Waals surface area contributed by atoms with Crippen molar-refractivity contribution in [3.05, 3.63) is 83.9 Å². The first kappa shape index (κ1) is 31.7. The summed E-state index contributed by atoms with van der Waals surface area (Å²) in [7, 11) is 0. The Morgan fingerprint density at radius 3 is 1.88 bits per heavy atom. The molecule has 0 saturated carbocycles. The molecule has 0 amide bonds. The second-order valence-corrected chi connectivity index (χ2v) is 10.0. The summed E-state index contributed by atoms with van der Waals surface area (Å²) in [6.07, 6.45) is 5.11. The Morgan fingerprint density at radius 2 is 1.24 bits per heavy atom. The topological polar surface area (TPSA) is 88.1 Å². The van der Waals surface area contributed by atoms with Gasteiger partial charge in [0.25, 0.3) is 0 Å². The van der Waals surface area contributed by atoms with Crippen molar-refractivity contribution in [2.24, 2.45) is 0 Å². The predicted octanol–water partition coefficient (Wildman–Crippen LogP) is 7.33. The molecule has 0 saturated heterocycles. The van der Waals surface area contributed by atoms with Crippen LogP contribution < -0.4 is 9.47 Å². The molecular weight excluding hydrogens is 540 g/mol. The molecule has 1 atom stereocenters. The molecular formula is C33H38O7S. The molecule has 0 spiro atoms. The van der Waals surface area contributed by atoms with Gasteiger partial charge in [-0.3, -0.25) is 0 Å². The average molecular weight is 579 g/mol. The number of ether oxygens (including phenoxy) is 4. The van der Waals surface area contributed by atoms with Gasteiger partial charge in [0.05, 0.1) is 24.3 Å². The quantitative estimate of drug-likeness (QED) is 0.0824. The highest BCUT2D eigenvalue weighted by Crippen LogP contribution is 2.24. The van der Waals surface area contributed by atoms with Gasteiger partial charge in [0.15, 0.2) is 6.10 Å². The van der Waals surface area contributed by atoms with E-state index in [1.165, 1.54) is 37.6 Å². The Balaban J connectivity index is 1.48. The minimum absolute atomic E-state index is 0.225. The van der Waals surface area contributed by atoms with Crippen molar-refractivity contribution in [2.45, 2.75) is 58.5 Å². The Labute approximate surface area is 247 Å². The van der Waals surface area contributed by atoms with Crippen LogP contribution in [0.4, 0.5) is 0 Å². The highest BCUT2D eigenvalue weighted by Gasteiger charge is 2.20. The van der Waals surface area contributed by atoms with Gasteiger partial charge in [0, 0.05) is 0 Å². The van der Waals surface area contributed by atoms with E-state index in [0.29, 0.717) is 18.8 Å². The van der Waals surface area contributed by atoms with Crippen molar-refractivity contribution < 1.29 is 33.3 Å². The second-order valence-electron chi connectivity index (χ2n) is 9.57. The summed E-state index contributed by atoms with van der Waals surface area (Å²) in [5, 5.41) is 0. The van der Waals surface area contributed by atoms with Crippen molar-refractivity contribution in [1.82, 2.24) is 0 Å². The van der Waals surface area contributed by atoms with Gasteiger partial charge >= 0.3 is 17.9 Å². The molecule has 0 bridgehead atoms. The normalized spacial score (nSPS) is 11.4. The zero-order chi connectivity index (χ0) is 29.5. The molecule has 0 aromatic heterocycles. The maximum atomic E-state index is 12.7. The van der Waals surface area contributed by atoms with E-state index in [0.717, 1.165) is 54.7 Å². The highest BCUT2D eigenvalue weighted by molar-refractivity contribution is 7.80. The van der Waals surface area contributed by atoms with E-state index in [4.69, 9.17) is 18.9 Å². The van der Waals surface area contributed by atoms with E-state index in [2.05, 4.69) is 12.6 Å². The van der Waals surface area contributed by atoms with Crippen molar-refractivity contribution in [2.75, 3.05) is 19.0 Å². The second kappa shape index (κ2) is 17.1. The number of carbonyl (C=O) groups excluding carboxylic acids is 3. The third-order valence-corrected chi connectivity index (χ3v) is 6.60. The Kier molecular flexibility index (Phi) is 13.3. The largest absolute Gasteiger partial charge is 0.494 e. The van der Waals surface area contributed by atoms with Crippen LogP contribution in [0.15, 0.2) is 72.8 Å². The molecule has 0 fully saturated rings. The first-order valence-corrected chi connectivity index (χ1v) is 14.7. The number of thiol groups is 1. The SMILES string of the molecule is CCCCOC(=O)C(C)OC(=O)c1ccc(OC(=O)c2ccc(-c3ccc(OCCCCCCS)cc3)cc2)cc1. The first-order chi connectivity index (χ1) is 19.9. The standard InChI is InChI=1S/C33H38O7S/c1-3-4-21-38-31(34)24(2)39-32(35)28-15-19-30(20-16-28)40-33(36)27-11-9-25(10-12-27)26-13-17-29(18-14-26)37-22-7-5-6-8-23-41/h9-20,24,41H,3-8,21-23H2,1-2H3. The third kappa shape index (κ3) is 10.6. The van der Waals surface area contributed by atoms with Crippen LogP contribution >= 0.6 is 12.6 Å². The van der Waals surface area contributed by atoms with Crippen LogP contribution in [0, 0.1) is 0 Å². The summed E-state index contributed by atoms with van der Waals surface area (Å²) >= 11 is 4.23. The van der Waals surface area contributed by atoms with Crippen molar-refractivity contribution >= 4 is 30.5 Å². The smallest absolute Gasteiger partial charge is 0.347 e. The fraction of sp³-hybridized carbons (Fsp3) is 0.364. The van der Waals surface area contributed by atoms with E-state index in [-0.39, 0.29) is 11.3 Å². The van der Waals surface area contributed by atoms with Crippen LogP contribution in [-0.2, 0) is 14.3 Å². The van der Waals surface area contributed by atoms with Gasteiger partial charge in [-0.25, -0.2) is 14.4 Å². The number of hydrogen-bond acceptors (Lipinski definition) is 8. The summed E-state index contributed by atoms with van der Waals surface area (Å²) in [5.74, 6) is 0.267. The average Bonchev–Trinajstić information content (AvgIpc) is 2.99. The molecule has 0 aliphatic rings. The van der Waals surface area contributed by atoms with Gasteiger partial charge in [0.2, 0.25) is 0 Å². The molecule has 3 aromatic rings. The molecule has 1 unspecified atom stereocenters. The van der Waals surface area contributed by atoms with Gasteiger partial charge in [-0.15, -0.1) is 0 Å². The van der Waals surface area contributed by atoms with Crippen LogP contribution in [0.1, 0.15) is 73.1 Å². The maximum Gasteiger partial charge on any atom is 0.347 e. The van der Waals surface area contributed by atoms with Crippen LogP contribution in [0.2, 0.25) is 0 Å². The summed E-state index contributed by atoms with van der Waals surface area (Å²) in [4.78, 5) is 36.9. The van der Waals surface area contributed by atoms with E-state index in [9.17, 15) is 14.4 Å². The summed E-state index contributed by atoms with van der Waals surface area (Å²) < 4.78 is 21.5. The number of carbonyl (C=O) groups is 3. The third-order valence-electron chi connectivity index (χ3n) is 6.29. The van der Waals surface area contributed by atoms with E-state index < -0.39 is 24.0 Å². The number of esters is 3. The molecule has 0 heterocycles. The number of rotatable bonds is 16. The molecule has 8 heteroatoms.